The Morgan fingerprint density at radius 3 is 2.39 bits per heavy atom. The second kappa shape index (κ2) is 9.78. The predicted octanol–water partition coefficient (Wildman–Crippen LogP) is 3.80. The lowest BCUT2D eigenvalue weighted by Gasteiger charge is -2.55. The predicted molar refractivity (Wildman–Crippen MR) is 121 cm³/mol. The van der Waals surface area contributed by atoms with Gasteiger partial charge in [0.15, 0.2) is 0 Å². The van der Waals surface area contributed by atoms with Crippen molar-refractivity contribution in [1.29, 1.82) is 0 Å². The van der Waals surface area contributed by atoms with Gasteiger partial charge in [-0.2, -0.15) is 0 Å². The molecule has 1 saturated carbocycles. The Bertz CT molecular complexity index is 766. The summed E-state index contributed by atoms with van der Waals surface area (Å²) in [6.07, 6.45) is 8.78. The third-order valence-electron chi connectivity index (χ3n) is 7.93. The van der Waals surface area contributed by atoms with Gasteiger partial charge in [0.25, 0.3) is 6.47 Å². The number of methoxy groups -OCH3 is 2. The number of nitrogens with zero attached hydrogens (tertiary/aromatic N) is 2. The van der Waals surface area contributed by atoms with Crippen molar-refractivity contribution >= 4 is 6.47 Å². The van der Waals surface area contributed by atoms with E-state index in [2.05, 4.69) is 28.9 Å². The maximum Gasteiger partial charge on any atom is 0.290 e. The van der Waals surface area contributed by atoms with Gasteiger partial charge in [0.2, 0.25) is 0 Å². The standard InChI is InChI=1S/C24H36N2O2.CH2O2/c1-16-23(27-2)10-9-19(24(16)28-3)14-25-12-17-11-20(15-25)22-6-4-5-21(18-7-8-18)26(22)13-17;2-1-3/h9-10,17-18,20-22H,4-8,11-15H2,1-3H3;1H,(H,2,3)/t17-,20+,21+,22-;/m0./s1. The second-order valence-electron chi connectivity index (χ2n) is 9.85. The molecule has 1 aromatic carbocycles. The number of carbonyl (C=O) groups is 1. The summed E-state index contributed by atoms with van der Waals surface area (Å²) in [5.74, 6) is 4.66. The van der Waals surface area contributed by atoms with Crippen LogP contribution in [0.3, 0.4) is 0 Å². The Hall–Kier alpha value is -1.79. The van der Waals surface area contributed by atoms with E-state index >= 15 is 0 Å². The van der Waals surface area contributed by atoms with Crippen LogP contribution in [-0.4, -0.2) is 67.3 Å². The number of piperidine rings is 3. The van der Waals surface area contributed by atoms with Crippen molar-refractivity contribution in [3.05, 3.63) is 23.3 Å². The van der Waals surface area contributed by atoms with E-state index in [9.17, 15) is 0 Å². The second-order valence-corrected chi connectivity index (χ2v) is 9.85. The number of ether oxygens (including phenoxy) is 2. The van der Waals surface area contributed by atoms with Crippen LogP contribution in [0.1, 0.15) is 49.7 Å². The van der Waals surface area contributed by atoms with Crippen LogP contribution in [0, 0.1) is 24.7 Å². The van der Waals surface area contributed by atoms with Crippen molar-refractivity contribution in [3.63, 3.8) is 0 Å². The zero-order valence-corrected chi connectivity index (χ0v) is 19.3. The van der Waals surface area contributed by atoms with Crippen LogP contribution in [0.25, 0.3) is 0 Å². The van der Waals surface area contributed by atoms with Crippen molar-refractivity contribution in [1.82, 2.24) is 9.80 Å². The molecule has 3 saturated heterocycles. The lowest BCUT2D eigenvalue weighted by molar-refractivity contribution is -0.122. The summed E-state index contributed by atoms with van der Waals surface area (Å²) in [5.41, 5.74) is 2.42. The minimum Gasteiger partial charge on any atom is -0.496 e. The number of hydrogen-bond acceptors (Lipinski definition) is 5. The van der Waals surface area contributed by atoms with Gasteiger partial charge < -0.3 is 14.6 Å². The quantitative estimate of drug-likeness (QED) is 0.717. The van der Waals surface area contributed by atoms with E-state index in [4.69, 9.17) is 19.4 Å². The molecule has 5 rings (SSSR count). The van der Waals surface area contributed by atoms with Gasteiger partial charge >= 0.3 is 0 Å². The Balaban J connectivity index is 0.000000730. The number of rotatable bonds is 5. The van der Waals surface area contributed by atoms with Crippen LogP contribution in [0.5, 0.6) is 11.5 Å². The fourth-order valence-corrected chi connectivity index (χ4v) is 6.67. The van der Waals surface area contributed by atoms with Gasteiger partial charge in [-0.3, -0.25) is 14.6 Å². The van der Waals surface area contributed by atoms with Crippen molar-refractivity contribution in [2.75, 3.05) is 33.9 Å². The van der Waals surface area contributed by atoms with E-state index in [0.717, 1.165) is 53.4 Å². The molecule has 6 nitrogen and oxygen atoms in total. The minimum atomic E-state index is -0.250. The first kappa shape index (κ1) is 22.4. The van der Waals surface area contributed by atoms with E-state index < -0.39 is 0 Å². The van der Waals surface area contributed by atoms with Crippen LogP contribution >= 0.6 is 0 Å². The zero-order valence-electron chi connectivity index (χ0n) is 19.3. The van der Waals surface area contributed by atoms with Gasteiger partial charge in [0, 0.05) is 49.4 Å². The van der Waals surface area contributed by atoms with Gasteiger partial charge in [0.05, 0.1) is 14.2 Å². The molecular weight excluding hydrogens is 392 g/mol. The number of hydrogen-bond donors (Lipinski definition) is 1. The van der Waals surface area contributed by atoms with Gasteiger partial charge in [-0.25, -0.2) is 0 Å². The third-order valence-corrected chi connectivity index (χ3v) is 7.93. The Morgan fingerprint density at radius 1 is 1.03 bits per heavy atom. The molecule has 1 N–H and O–H groups in total. The maximum absolute atomic E-state index is 8.36. The highest BCUT2D eigenvalue weighted by molar-refractivity contribution is 5.49. The average molecular weight is 431 g/mol. The molecule has 0 aromatic heterocycles. The smallest absolute Gasteiger partial charge is 0.290 e. The fourth-order valence-electron chi connectivity index (χ4n) is 6.67. The van der Waals surface area contributed by atoms with Gasteiger partial charge in [-0.15, -0.1) is 0 Å². The SMILES string of the molecule is COc1ccc(CN2C[C@@H]3C[C@H](C2)[C@@H]2CCC[C@H](C4CC4)N2C3)c(OC)c1C.O=CO. The average Bonchev–Trinajstić information content (AvgIpc) is 3.60. The van der Waals surface area contributed by atoms with Crippen molar-refractivity contribution in [3.8, 4) is 11.5 Å². The molecule has 6 heteroatoms. The molecular formula is C25H38N2O4. The molecule has 3 heterocycles. The molecule has 2 bridgehead atoms. The maximum atomic E-state index is 8.36. The first-order chi connectivity index (χ1) is 15.1. The van der Waals surface area contributed by atoms with E-state index in [1.807, 2.05) is 0 Å². The summed E-state index contributed by atoms with van der Waals surface area (Å²) < 4.78 is 11.3. The Kier molecular flexibility index (Phi) is 7.07. The number of likely N-dealkylation sites (tertiary alicyclic amines) is 1. The third kappa shape index (κ3) is 4.70. The molecule has 1 aromatic rings. The summed E-state index contributed by atoms with van der Waals surface area (Å²) >= 11 is 0. The summed E-state index contributed by atoms with van der Waals surface area (Å²) in [5, 5.41) is 6.89. The monoisotopic (exact) mass is 430 g/mol. The van der Waals surface area contributed by atoms with Crippen molar-refractivity contribution in [2.24, 2.45) is 17.8 Å². The summed E-state index contributed by atoms with van der Waals surface area (Å²) in [6.45, 7) is 6.69. The van der Waals surface area contributed by atoms with Crippen LogP contribution < -0.4 is 9.47 Å². The minimum absolute atomic E-state index is 0.250. The number of carboxylic acid groups (broad SMARTS) is 1. The molecule has 4 atom stereocenters. The van der Waals surface area contributed by atoms with Crippen LogP contribution in [0.15, 0.2) is 12.1 Å². The first-order valence-electron chi connectivity index (χ1n) is 11.9. The molecule has 172 valence electrons. The highest BCUT2D eigenvalue weighted by atomic mass is 16.5. The van der Waals surface area contributed by atoms with Gasteiger partial charge in [-0.1, -0.05) is 12.5 Å². The molecule has 4 fully saturated rings. The lowest BCUT2D eigenvalue weighted by atomic mass is 9.74. The molecule has 0 amide bonds. The lowest BCUT2D eigenvalue weighted by Crippen LogP contribution is -2.61. The molecule has 3 aliphatic heterocycles. The summed E-state index contributed by atoms with van der Waals surface area (Å²) in [6, 6.07) is 6.06. The first-order valence-corrected chi connectivity index (χ1v) is 11.9. The van der Waals surface area contributed by atoms with E-state index in [1.54, 1.807) is 14.2 Å². The Labute approximate surface area is 186 Å². The fraction of sp³-hybridized carbons (Fsp3) is 0.720. The van der Waals surface area contributed by atoms with Crippen LogP contribution in [0.2, 0.25) is 0 Å². The molecule has 4 aliphatic rings. The van der Waals surface area contributed by atoms with Gasteiger partial charge in [0.1, 0.15) is 11.5 Å². The zero-order chi connectivity index (χ0) is 22.0. The van der Waals surface area contributed by atoms with E-state index in [-0.39, 0.29) is 6.47 Å². The van der Waals surface area contributed by atoms with Crippen molar-refractivity contribution in [2.45, 2.75) is 64.1 Å². The van der Waals surface area contributed by atoms with E-state index in [0.29, 0.717) is 0 Å². The van der Waals surface area contributed by atoms with Crippen LogP contribution in [-0.2, 0) is 11.3 Å². The number of fused-ring (bicyclic) bond motifs is 4. The Morgan fingerprint density at radius 2 is 1.74 bits per heavy atom. The summed E-state index contributed by atoms with van der Waals surface area (Å²) in [4.78, 5) is 14.1. The topological polar surface area (TPSA) is 62.2 Å². The summed E-state index contributed by atoms with van der Waals surface area (Å²) in [7, 11) is 3.52. The molecule has 31 heavy (non-hydrogen) atoms. The highest BCUT2D eigenvalue weighted by Gasteiger charge is 2.47. The highest BCUT2D eigenvalue weighted by Crippen LogP contribution is 2.46. The van der Waals surface area contributed by atoms with Crippen LogP contribution in [0.4, 0.5) is 0 Å². The largest absolute Gasteiger partial charge is 0.496 e. The molecule has 0 spiro atoms. The normalized spacial score (nSPS) is 30.5. The van der Waals surface area contributed by atoms with E-state index in [1.165, 1.54) is 63.7 Å². The van der Waals surface area contributed by atoms with Crippen molar-refractivity contribution < 1.29 is 19.4 Å². The molecule has 0 radical (unpaired) electrons. The number of benzene rings is 1. The van der Waals surface area contributed by atoms with Gasteiger partial charge in [-0.05, 0) is 62.8 Å². The molecule has 0 unspecified atom stereocenters. The molecule has 1 aliphatic carbocycles.